The Bertz CT molecular complexity index is 217. The van der Waals surface area contributed by atoms with Crippen LogP contribution < -0.4 is 5.32 Å². The molecular weight excluding hydrogens is 216 g/mol. The number of amides is 1. The molecule has 0 aliphatic carbocycles. The highest BCUT2D eigenvalue weighted by Gasteiger charge is 2.26. The monoisotopic (exact) mass is 237 g/mol. The van der Waals surface area contributed by atoms with Crippen molar-refractivity contribution in [2.24, 2.45) is 5.92 Å². The Hall–Kier alpha value is -0.710. The lowest BCUT2D eigenvalue weighted by molar-refractivity contribution is -0.128. The summed E-state index contributed by atoms with van der Waals surface area (Å²) in [5.41, 5.74) is 0. The van der Waals surface area contributed by atoms with Crippen molar-refractivity contribution in [3.8, 4) is 0 Å². The Kier molecular flexibility index (Phi) is 6.48. The van der Waals surface area contributed by atoms with Crippen LogP contribution in [-0.2, 0) is 4.79 Å². The van der Waals surface area contributed by atoms with Crippen molar-refractivity contribution < 1.29 is 18.7 Å². The molecule has 16 heavy (non-hydrogen) atoms. The van der Waals surface area contributed by atoms with E-state index < -0.39 is 18.3 Å². The van der Waals surface area contributed by atoms with Crippen LogP contribution in [0.2, 0.25) is 0 Å². The molecule has 0 bridgehead atoms. The number of rotatable bonds is 7. The van der Waals surface area contributed by atoms with Crippen LogP contribution in [0.25, 0.3) is 0 Å². The quantitative estimate of drug-likeness (QED) is 0.711. The molecule has 0 saturated carbocycles. The zero-order chi connectivity index (χ0) is 12.8. The maximum absolute atomic E-state index is 12.6. The lowest BCUT2D eigenvalue weighted by Gasteiger charge is -2.20. The molecule has 96 valence electrons. The minimum Gasteiger partial charge on any atom is -0.396 e. The standard InChI is InChI=1S/C11H21F2NO2/c1-4-9(5-8(2)7-15)14-10(16)6-11(3,12)13/h8-9,15H,4-7H2,1-3H3,(H,14,16). The van der Waals surface area contributed by atoms with E-state index in [9.17, 15) is 13.6 Å². The van der Waals surface area contributed by atoms with Gasteiger partial charge in [0.25, 0.3) is 5.92 Å². The number of carbonyl (C=O) groups is 1. The van der Waals surface area contributed by atoms with Gasteiger partial charge in [-0.1, -0.05) is 13.8 Å². The SMILES string of the molecule is CCC(CC(C)CO)NC(=O)CC(C)(F)F. The van der Waals surface area contributed by atoms with E-state index in [4.69, 9.17) is 5.11 Å². The van der Waals surface area contributed by atoms with E-state index in [1.54, 1.807) is 0 Å². The molecule has 0 aliphatic rings. The Morgan fingerprint density at radius 3 is 2.44 bits per heavy atom. The summed E-state index contributed by atoms with van der Waals surface area (Å²) >= 11 is 0. The normalized spacial score (nSPS) is 15.6. The predicted octanol–water partition coefficient (Wildman–Crippen LogP) is 1.94. The second-order valence-corrected chi connectivity index (χ2v) is 4.44. The minimum atomic E-state index is -2.97. The average molecular weight is 237 g/mol. The molecule has 0 fully saturated rings. The second-order valence-electron chi connectivity index (χ2n) is 4.44. The van der Waals surface area contributed by atoms with Crippen LogP contribution >= 0.6 is 0 Å². The molecule has 0 radical (unpaired) electrons. The fourth-order valence-electron chi connectivity index (χ4n) is 1.45. The smallest absolute Gasteiger partial charge is 0.254 e. The van der Waals surface area contributed by atoms with Crippen molar-refractivity contribution >= 4 is 5.91 Å². The van der Waals surface area contributed by atoms with Crippen LogP contribution in [0.1, 0.15) is 40.0 Å². The van der Waals surface area contributed by atoms with E-state index in [-0.39, 0.29) is 18.6 Å². The van der Waals surface area contributed by atoms with Gasteiger partial charge in [0.15, 0.2) is 0 Å². The first-order valence-corrected chi connectivity index (χ1v) is 5.56. The van der Waals surface area contributed by atoms with Crippen molar-refractivity contribution in [2.45, 2.75) is 52.0 Å². The summed E-state index contributed by atoms with van der Waals surface area (Å²) in [6.07, 6.45) is 0.496. The van der Waals surface area contributed by atoms with Crippen LogP contribution in [0.4, 0.5) is 8.78 Å². The van der Waals surface area contributed by atoms with Gasteiger partial charge in [-0.15, -0.1) is 0 Å². The fraction of sp³-hybridized carbons (Fsp3) is 0.909. The number of hydrogen-bond acceptors (Lipinski definition) is 2. The molecule has 0 aromatic heterocycles. The molecule has 0 aromatic carbocycles. The van der Waals surface area contributed by atoms with E-state index in [0.29, 0.717) is 12.8 Å². The highest BCUT2D eigenvalue weighted by atomic mass is 19.3. The van der Waals surface area contributed by atoms with Gasteiger partial charge in [-0.2, -0.15) is 0 Å². The maximum Gasteiger partial charge on any atom is 0.254 e. The second kappa shape index (κ2) is 6.78. The Labute approximate surface area is 95.2 Å². The van der Waals surface area contributed by atoms with E-state index in [0.717, 1.165) is 6.92 Å². The Morgan fingerprint density at radius 1 is 1.50 bits per heavy atom. The zero-order valence-corrected chi connectivity index (χ0v) is 10.1. The summed E-state index contributed by atoms with van der Waals surface area (Å²) in [4.78, 5) is 11.2. The molecule has 2 atom stereocenters. The van der Waals surface area contributed by atoms with Crippen molar-refractivity contribution in [1.82, 2.24) is 5.32 Å². The van der Waals surface area contributed by atoms with E-state index >= 15 is 0 Å². The number of halogens is 2. The molecule has 0 aromatic rings. The number of nitrogens with one attached hydrogen (secondary N) is 1. The largest absolute Gasteiger partial charge is 0.396 e. The molecule has 2 unspecified atom stereocenters. The van der Waals surface area contributed by atoms with Crippen molar-refractivity contribution in [3.63, 3.8) is 0 Å². The Balaban J connectivity index is 4.07. The summed E-state index contributed by atoms with van der Waals surface area (Å²) in [6.45, 7) is 4.49. The van der Waals surface area contributed by atoms with Gasteiger partial charge in [0.2, 0.25) is 5.91 Å². The Morgan fingerprint density at radius 2 is 2.06 bits per heavy atom. The summed E-state index contributed by atoms with van der Waals surface area (Å²) in [5.74, 6) is -3.54. The van der Waals surface area contributed by atoms with Gasteiger partial charge in [-0.25, -0.2) is 8.78 Å². The first kappa shape index (κ1) is 15.3. The summed E-state index contributed by atoms with van der Waals surface area (Å²) in [5, 5.41) is 11.4. The van der Waals surface area contributed by atoms with Gasteiger partial charge in [0, 0.05) is 12.6 Å². The molecule has 5 heteroatoms. The molecule has 1 amide bonds. The molecule has 2 N–H and O–H groups in total. The number of hydrogen-bond donors (Lipinski definition) is 2. The summed E-state index contributed by atoms with van der Waals surface area (Å²) in [6, 6.07) is -0.142. The molecule has 0 spiro atoms. The molecular formula is C11H21F2NO2. The number of alkyl halides is 2. The summed E-state index contributed by atoms with van der Waals surface area (Å²) < 4.78 is 25.1. The third-order valence-electron chi connectivity index (χ3n) is 2.33. The third-order valence-corrected chi connectivity index (χ3v) is 2.33. The lowest BCUT2D eigenvalue weighted by Crippen LogP contribution is -2.38. The molecule has 0 rings (SSSR count). The molecule has 0 aliphatic heterocycles. The van der Waals surface area contributed by atoms with Crippen LogP contribution in [0.5, 0.6) is 0 Å². The van der Waals surface area contributed by atoms with Crippen LogP contribution in [0.3, 0.4) is 0 Å². The van der Waals surface area contributed by atoms with Crippen LogP contribution in [0, 0.1) is 5.92 Å². The average Bonchev–Trinajstić information content (AvgIpc) is 2.13. The van der Waals surface area contributed by atoms with E-state index in [1.807, 2.05) is 13.8 Å². The first-order valence-electron chi connectivity index (χ1n) is 5.56. The topological polar surface area (TPSA) is 49.3 Å². The first-order chi connectivity index (χ1) is 7.28. The third kappa shape index (κ3) is 7.56. The van der Waals surface area contributed by atoms with Crippen molar-refractivity contribution in [1.29, 1.82) is 0 Å². The van der Waals surface area contributed by atoms with Crippen molar-refractivity contribution in [2.75, 3.05) is 6.61 Å². The fourth-order valence-corrected chi connectivity index (χ4v) is 1.45. The van der Waals surface area contributed by atoms with Crippen molar-refractivity contribution in [3.05, 3.63) is 0 Å². The number of carbonyl (C=O) groups excluding carboxylic acids is 1. The zero-order valence-electron chi connectivity index (χ0n) is 10.1. The maximum atomic E-state index is 12.6. The van der Waals surface area contributed by atoms with Crippen LogP contribution in [0.15, 0.2) is 0 Å². The molecule has 3 nitrogen and oxygen atoms in total. The highest BCUT2D eigenvalue weighted by molar-refractivity contribution is 5.77. The van der Waals surface area contributed by atoms with E-state index in [1.165, 1.54) is 0 Å². The molecule has 0 saturated heterocycles. The van der Waals surface area contributed by atoms with Gasteiger partial charge in [-0.3, -0.25) is 4.79 Å². The number of aliphatic hydroxyl groups is 1. The highest BCUT2D eigenvalue weighted by Crippen LogP contribution is 2.17. The molecule has 0 heterocycles. The van der Waals surface area contributed by atoms with Gasteiger partial charge in [0.05, 0.1) is 6.42 Å². The van der Waals surface area contributed by atoms with Gasteiger partial charge in [-0.05, 0) is 25.7 Å². The van der Waals surface area contributed by atoms with E-state index in [2.05, 4.69) is 5.32 Å². The van der Waals surface area contributed by atoms with Gasteiger partial charge >= 0.3 is 0 Å². The lowest BCUT2D eigenvalue weighted by atomic mass is 10.0. The van der Waals surface area contributed by atoms with Gasteiger partial charge < -0.3 is 10.4 Å². The minimum absolute atomic E-state index is 0.0380. The summed E-state index contributed by atoms with van der Waals surface area (Å²) in [7, 11) is 0. The predicted molar refractivity (Wildman–Crippen MR) is 58.3 cm³/mol. The number of aliphatic hydroxyl groups excluding tert-OH is 1. The van der Waals surface area contributed by atoms with Crippen LogP contribution in [-0.4, -0.2) is 29.6 Å². The van der Waals surface area contributed by atoms with Gasteiger partial charge in [0.1, 0.15) is 0 Å².